The molecule has 0 heterocycles. The summed E-state index contributed by atoms with van der Waals surface area (Å²) in [6, 6.07) is -0.0710. The Bertz CT molecular complexity index is 162. The van der Waals surface area contributed by atoms with Crippen LogP contribution in [-0.2, 0) is 4.79 Å². The molecule has 0 aliphatic heterocycles. The first-order chi connectivity index (χ1) is 6.60. The summed E-state index contributed by atoms with van der Waals surface area (Å²) in [5.74, 6) is -0.0745. The zero-order chi connectivity index (χ0) is 11.0. The van der Waals surface area contributed by atoms with E-state index in [-0.39, 0.29) is 11.9 Å². The zero-order valence-corrected chi connectivity index (χ0v) is 9.12. The van der Waals surface area contributed by atoms with Crippen molar-refractivity contribution in [1.82, 2.24) is 5.32 Å². The van der Waals surface area contributed by atoms with Gasteiger partial charge in [0.05, 0.1) is 6.10 Å². The lowest BCUT2D eigenvalue weighted by Crippen LogP contribution is -2.35. The SMILES string of the molecule is CCCC(O)CNC(=O)CC(N)CC. The van der Waals surface area contributed by atoms with Gasteiger partial charge in [-0.2, -0.15) is 0 Å². The summed E-state index contributed by atoms with van der Waals surface area (Å²) in [6.07, 6.45) is 2.35. The van der Waals surface area contributed by atoms with Crippen molar-refractivity contribution in [2.24, 2.45) is 5.73 Å². The van der Waals surface area contributed by atoms with E-state index in [1.54, 1.807) is 0 Å². The molecule has 0 fully saturated rings. The molecule has 0 bridgehead atoms. The van der Waals surface area contributed by atoms with Gasteiger partial charge in [-0.15, -0.1) is 0 Å². The van der Waals surface area contributed by atoms with E-state index < -0.39 is 6.10 Å². The normalized spacial score (nSPS) is 14.9. The molecule has 0 rings (SSSR count). The Morgan fingerprint density at radius 2 is 2.14 bits per heavy atom. The van der Waals surface area contributed by atoms with E-state index >= 15 is 0 Å². The van der Waals surface area contributed by atoms with E-state index in [4.69, 9.17) is 5.73 Å². The van der Waals surface area contributed by atoms with Crippen LogP contribution in [0.25, 0.3) is 0 Å². The summed E-state index contributed by atoms with van der Waals surface area (Å²) in [5.41, 5.74) is 5.62. The monoisotopic (exact) mass is 202 g/mol. The van der Waals surface area contributed by atoms with Crippen molar-refractivity contribution < 1.29 is 9.90 Å². The van der Waals surface area contributed by atoms with Gasteiger partial charge in [-0.25, -0.2) is 0 Å². The average molecular weight is 202 g/mol. The van der Waals surface area contributed by atoms with Crippen molar-refractivity contribution in [3.63, 3.8) is 0 Å². The maximum atomic E-state index is 11.2. The fraction of sp³-hybridized carbons (Fsp3) is 0.900. The van der Waals surface area contributed by atoms with Crippen LogP contribution in [0.3, 0.4) is 0 Å². The van der Waals surface area contributed by atoms with Crippen LogP contribution in [0.1, 0.15) is 39.5 Å². The summed E-state index contributed by atoms with van der Waals surface area (Å²) in [5, 5.41) is 12.0. The lowest BCUT2D eigenvalue weighted by Gasteiger charge is -2.12. The van der Waals surface area contributed by atoms with E-state index in [2.05, 4.69) is 5.32 Å². The van der Waals surface area contributed by atoms with Gasteiger partial charge >= 0.3 is 0 Å². The van der Waals surface area contributed by atoms with Crippen LogP contribution in [0.5, 0.6) is 0 Å². The number of aliphatic hydroxyl groups excluding tert-OH is 1. The van der Waals surface area contributed by atoms with Gasteiger partial charge in [-0.05, 0) is 12.8 Å². The van der Waals surface area contributed by atoms with E-state index in [1.165, 1.54) is 0 Å². The van der Waals surface area contributed by atoms with Gasteiger partial charge in [0.2, 0.25) is 5.91 Å². The van der Waals surface area contributed by atoms with Crippen molar-refractivity contribution in [1.29, 1.82) is 0 Å². The van der Waals surface area contributed by atoms with Gasteiger partial charge in [0.1, 0.15) is 0 Å². The summed E-state index contributed by atoms with van der Waals surface area (Å²) in [7, 11) is 0. The largest absolute Gasteiger partial charge is 0.391 e. The minimum atomic E-state index is -0.429. The third-order valence-corrected chi connectivity index (χ3v) is 2.13. The molecule has 0 aromatic rings. The Labute approximate surface area is 85.9 Å². The highest BCUT2D eigenvalue weighted by atomic mass is 16.3. The molecular formula is C10H22N2O2. The number of aliphatic hydroxyl groups is 1. The van der Waals surface area contributed by atoms with Crippen molar-refractivity contribution in [2.45, 2.75) is 51.7 Å². The molecule has 2 atom stereocenters. The molecule has 0 aliphatic carbocycles. The lowest BCUT2D eigenvalue weighted by molar-refractivity contribution is -0.121. The van der Waals surface area contributed by atoms with Gasteiger partial charge in [-0.3, -0.25) is 4.79 Å². The molecule has 4 N–H and O–H groups in total. The van der Waals surface area contributed by atoms with Crippen LogP contribution in [0.2, 0.25) is 0 Å². The maximum absolute atomic E-state index is 11.2. The standard InChI is InChI=1S/C10H22N2O2/c1-3-5-9(13)7-12-10(14)6-8(11)4-2/h8-9,13H,3-7,11H2,1-2H3,(H,12,14). The van der Waals surface area contributed by atoms with Crippen molar-refractivity contribution in [2.75, 3.05) is 6.54 Å². The van der Waals surface area contributed by atoms with Gasteiger partial charge in [0.25, 0.3) is 0 Å². The van der Waals surface area contributed by atoms with Crippen LogP contribution < -0.4 is 11.1 Å². The molecule has 0 saturated heterocycles. The third kappa shape index (κ3) is 6.86. The van der Waals surface area contributed by atoms with Crippen molar-refractivity contribution in [3.05, 3.63) is 0 Å². The van der Waals surface area contributed by atoms with Crippen LogP contribution in [0.4, 0.5) is 0 Å². The second-order valence-corrected chi connectivity index (χ2v) is 3.62. The Hall–Kier alpha value is -0.610. The van der Waals surface area contributed by atoms with E-state index in [0.717, 1.165) is 19.3 Å². The van der Waals surface area contributed by atoms with Crippen LogP contribution in [0.15, 0.2) is 0 Å². The molecule has 0 radical (unpaired) electrons. The van der Waals surface area contributed by atoms with Gasteiger partial charge in [-0.1, -0.05) is 20.3 Å². The molecule has 4 heteroatoms. The lowest BCUT2D eigenvalue weighted by atomic mass is 10.1. The highest BCUT2D eigenvalue weighted by Crippen LogP contribution is 1.96. The predicted octanol–water partition coefficient (Wildman–Crippen LogP) is 0.391. The molecule has 4 nitrogen and oxygen atoms in total. The molecule has 0 aromatic carbocycles. The van der Waals surface area contributed by atoms with Crippen LogP contribution >= 0.6 is 0 Å². The first-order valence-electron chi connectivity index (χ1n) is 5.30. The molecule has 0 aromatic heterocycles. The fourth-order valence-corrected chi connectivity index (χ4v) is 1.12. The Morgan fingerprint density at radius 3 is 2.64 bits per heavy atom. The smallest absolute Gasteiger partial charge is 0.221 e. The number of carbonyl (C=O) groups is 1. The molecular weight excluding hydrogens is 180 g/mol. The number of rotatable bonds is 7. The number of nitrogens with two attached hydrogens (primary N) is 1. The fourth-order valence-electron chi connectivity index (χ4n) is 1.12. The number of hydrogen-bond acceptors (Lipinski definition) is 3. The van der Waals surface area contributed by atoms with Crippen LogP contribution in [-0.4, -0.2) is 29.7 Å². The predicted molar refractivity (Wildman–Crippen MR) is 56.8 cm³/mol. The second-order valence-electron chi connectivity index (χ2n) is 3.62. The quantitative estimate of drug-likeness (QED) is 0.559. The minimum absolute atomic E-state index is 0.0710. The number of nitrogens with one attached hydrogen (secondary N) is 1. The topological polar surface area (TPSA) is 75.3 Å². The van der Waals surface area contributed by atoms with Crippen LogP contribution in [0, 0.1) is 0 Å². The number of hydrogen-bond donors (Lipinski definition) is 3. The minimum Gasteiger partial charge on any atom is -0.391 e. The third-order valence-electron chi connectivity index (χ3n) is 2.13. The van der Waals surface area contributed by atoms with E-state index in [0.29, 0.717) is 13.0 Å². The van der Waals surface area contributed by atoms with Gasteiger partial charge < -0.3 is 16.2 Å². The molecule has 14 heavy (non-hydrogen) atoms. The Kier molecular flexibility index (Phi) is 7.42. The highest BCUT2D eigenvalue weighted by molar-refractivity contribution is 5.76. The molecule has 84 valence electrons. The maximum Gasteiger partial charge on any atom is 0.221 e. The van der Waals surface area contributed by atoms with Crippen molar-refractivity contribution >= 4 is 5.91 Å². The molecule has 1 amide bonds. The molecule has 2 unspecified atom stereocenters. The Balaban J connectivity index is 3.53. The van der Waals surface area contributed by atoms with Crippen molar-refractivity contribution in [3.8, 4) is 0 Å². The summed E-state index contributed by atoms with van der Waals surface area (Å²) in [6.45, 7) is 4.28. The first kappa shape index (κ1) is 13.4. The zero-order valence-electron chi connectivity index (χ0n) is 9.12. The van der Waals surface area contributed by atoms with E-state index in [1.807, 2.05) is 13.8 Å². The molecule has 0 spiro atoms. The average Bonchev–Trinajstić information content (AvgIpc) is 2.15. The van der Waals surface area contributed by atoms with Gasteiger partial charge in [0, 0.05) is 19.0 Å². The summed E-state index contributed by atoms with van der Waals surface area (Å²) < 4.78 is 0. The molecule has 0 aliphatic rings. The molecule has 0 saturated carbocycles. The second kappa shape index (κ2) is 7.76. The number of amides is 1. The summed E-state index contributed by atoms with van der Waals surface area (Å²) in [4.78, 5) is 11.2. The van der Waals surface area contributed by atoms with Gasteiger partial charge in [0.15, 0.2) is 0 Å². The number of carbonyl (C=O) groups excluding carboxylic acids is 1. The summed E-state index contributed by atoms with van der Waals surface area (Å²) >= 11 is 0. The first-order valence-corrected chi connectivity index (χ1v) is 5.30. The Morgan fingerprint density at radius 1 is 1.50 bits per heavy atom. The highest BCUT2D eigenvalue weighted by Gasteiger charge is 2.09. The van der Waals surface area contributed by atoms with E-state index in [9.17, 15) is 9.90 Å².